The SMILES string of the molecule is Cc1noc(C2CCCN(C(=O)C3CCCCN3)C2)n1. The van der Waals surface area contributed by atoms with E-state index in [1.807, 2.05) is 11.8 Å². The summed E-state index contributed by atoms with van der Waals surface area (Å²) in [7, 11) is 0. The highest BCUT2D eigenvalue weighted by Gasteiger charge is 2.32. The van der Waals surface area contributed by atoms with Gasteiger partial charge in [-0.2, -0.15) is 4.98 Å². The van der Waals surface area contributed by atoms with E-state index in [1.165, 1.54) is 6.42 Å². The van der Waals surface area contributed by atoms with E-state index >= 15 is 0 Å². The number of carbonyl (C=O) groups excluding carboxylic acids is 1. The van der Waals surface area contributed by atoms with Crippen molar-refractivity contribution in [2.45, 2.75) is 51.0 Å². The van der Waals surface area contributed by atoms with Gasteiger partial charge in [0, 0.05) is 13.1 Å². The first-order valence-electron chi connectivity index (χ1n) is 7.56. The molecule has 0 aromatic carbocycles. The number of likely N-dealkylation sites (tertiary alicyclic amines) is 1. The highest BCUT2D eigenvalue weighted by Crippen LogP contribution is 2.26. The Hall–Kier alpha value is -1.43. The summed E-state index contributed by atoms with van der Waals surface area (Å²) in [6.45, 7) is 4.33. The van der Waals surface area contributed by atoms with Gasteiger partial charge in [-0.15, -0.1) is 0 Å². The van der Waals surface area contributed by atoms with E-state index in [0.29, 0.717) is 18.3 Å². The Morgan fingerprint density at radius 3 is 2.95 bits per heavy atom. The predicted octanol–water partition coefficient (Wildman–Crippen LogP) is 1.23. The van der Waals surface area contributed by atoms with Crippen molar-refractivity contribution < 1.29 is 9.32 Å². The lowest BCUT2D eigenvalue weighted by molar-refractivity contribution is -0.135. The van der Waals surface area contributed by atoms with Crippen LogP contribution in [0.25, 0.3) is 0 Å². The molecule has 0 saturated carbocycles. The first kappa shape index (κ1) is 13.5. The third-order valence-electron chi connectivity index (χ3n) is 4.23. The Kier molecular flexibility index (Phi) is 4.00. The summed E-state index contributed by atoms with van der Waals surface area (Å²) in [4.78, 5) is 18.8. The van der Waals surface area contributed by atoms with Gasteiger partial charge in [-0.1, -0.05) is 11.6 Å². The molecule has 0 bridgehead atoms. The Morgan fingerprint density at radius 2 is 2.25 bits per heavy atom. The van der Waals surface area contributed by atoms with Crippen LogP contribution >= 0.6 is 0 Å². The minimum Gasteiger partial charge on any atom is -0.341 e. The molecule has 2 aliphatic rings. The topological polar surface area (TPSA) is 71.3 Å². The molecule has 3 rings (SSSR count). The zero-order chi connectivity index (χ0) is 13.9. The van der Waals surface area contributed by atoms with Crippen molar-refractivity contribution in [3.63, 3.8) is 0 Å². The van der Waals surface area contributed by atoms with E-state index < -0.39 is 0 Å². The lowest BCUT2D eigenvalue weighted by atomic mass is 9.96. The average molecular weight is 278 g/mol. The van der Waals surface area contributed by atoms with Crippen LogP contribution in [0.2, 0.25) is 0 Å². The first-order chi connectivity index (χ1) is 9.74. The highest BCUT2D eigenvalue weighted by molar-refractivity contribution is 5.82. The maximum absolute atomic E-state index is 12.5. The average Bonchev–Trinajstić information content (AvgIpc) is 2.94. The molecule has 1 aromatic rings. The van der Waals surface area contributed by atoms with E-state index in [-0.39, 0.29) is 17.9 Å². The predicted molar refractivity (Wildman–Crippen MR) is 73.2 cm³/mol. The molecule has 2 fully saturated rings. The summed E-state index contributed by atoms with van der Waals surface area (Å²) in [6.07, 6.45) is 5.30. The van der Waals surface area contributed by atoms with Crippen LogP contribution in [0, 0.1) is 6.92 Å². The molecule has 2 unspecified atom stereocenters. The van der Waals surface area contributed by atoms with Gasteiger partial charge in [0.15, 0.2) is 5.82 Å². The van der Waals surface area contributed by atoms with Crippen molar-refractivity contribution in [2.75, 3.05) is 19.6 Å². The van der Waals surface area contributed by atoms with Gasteiger partial charge < -0.3 is 14.7 Å². The molecule has 3 heterocycles. The van der Waals surface area contributed by atoms with Gasteiger partial charge in [0.05, 0.1) is 12.0 Å². The molecule has 2 saturated heterocycles. The fourth-order valence-corrected chi connectivity index (χ4v) is 3.14. The molecule has 20 heavy (non-hydrogen) atoms. The van der Waals surface area contributed by atoms with E-state index in [9.17, 15) is 4.79 Å². The van der Waals surface area contributed by atoms with Crippen LogP contribution in [0.5, 0.6) is 0 Å². The molecular weight excluding hydrogens is 256 g/mol. The van der Waals surface area contributed by atoms with Crippen LogP contribution in [-0.2, 0) is 4.79 Å². The molecule has 110 valence electrons. The van der Waals surface area contributed by atoms with Gasteiger partial charge in [-0.05, 0) is 39.2 Å². The van der Waals surface area contributed by atoms with E-state index in [1.54, 1.807) is 0 Å². The number of carbonyl (C=O) groups is 1. The third kappa shape index (κ3) is 2.85. The largest absolute Gasteiger partial charge is 0.341 e. The van der Waals surface area contributed by atoms with Crippen molar-refractivity contribution in [3.05, 3.63) is 11.7 Å². The first-order valence-corrected chi connectivity index (χ1v) is 7.56. The van der Waals surface area contributed by atoms with Gasteiger partial charge in [-0.3, -0.25) is 4.79 Å². The van der Waals surface area contributed by atoms with Gasteiger partial charge in [-0.25, -0.2) is 0 Å². The van der Waals surface area contributed by atoms with E-state index in [4.69, 9.17) is 4.52 Å². The van der Waals surface area contributed by atoms with Crippen LogP contribution in [0.4, 0.5) is 0 Å². The number of hydrogen-bond donors (Lipinski definition) is 1. The molecule has 1 aromatic heterocycles. The zero-order valence-corrected chi connectivity index (χ0v) is 12.0. The summed E-state index contributed by atoms with van der Waals surface area (Å²) >= 11 is 0. The maximum Gasteiger partial charge on any atom is 0.239 e. The number of hydrogen-bond acceptors (Lipinski definition) is 5. The Labute approximate surface area is 118 Å². The van der Waals surface area contributed by atoms with Gasteiger partial charge in [0.2, 0.25) is 11.8 Å². The fraction of sp³-hybridized carbons (Fsp3) is 0.786. The molecular formula is C14H22N4O2. The summed E-state index contributed by atoms with van der Waals surface area (Å²) in [5.41, 5.74) is 0. The maximum atomic E-state index is 12.5. The number of piperidine rings is 2. The van der Waals surface area contributed by atoms with Crippen LogP contribution in [-0.4, -0.2) is 46.6 Å². The molecule has 0 aliphatic carbocycles. The minimum atomic E-state index is 0.00641. The Balaban J connectivity index is 1.63. The van der Waals surface area contributed by atoms with Crippen molar-refractivity contribution >= 4 is 5.91 Å². The summed E-state index contributed by atoms with van der Waals surface area (Å²) in [5, 5.41) is 7.18. The quantitative estimate of drug-likeness (QED) is 0.881. The normalized spacial score (nSPS) is 27.6. The lowest BCUT2D eigenvalue weighted by Crippen LogP contribution is -2.51. The van der Waals surface area contributed by atoms with Crippen LogP contribution in [0.1, 0.15) is 49.7 Å². The molecule has 0 radical (unpaired) electrons. The second-order valence-corrected chi connectivity index (χ2v) is 5.81. The molecule has 1 N–H and O–H groups in total. The summed E-state index contributed by atoms with van der Waals surface area (Å²) < 4.78 is 5.26. The smallest absolute Gasteiger partial charge is 0.239 e. The number of aryl methyl sites for hydroxylation is 1. The third-order valence-corrected chi connectivity index (χ3v) is 4.23. The second kappa shape index (κ2) is 5.91. The zero-order valence-electron chi connectivity index (χ0n) is 12.0. The molecule has 0 spiro atoms. The number of rotatable bonds is 2. The Morgan fingerprint density at radius 1 is 1.35 bits per heavy atom. The second-order valence-electron chi connectivity index (χ2n) is 5.81. The molecule has 6 heteroatoms. The lowest BCUT2D eigenvalue weighted by Gasteiger charge is -2.35. The summed E-state index contributed by atoms with van der Waals surface area (Å²) in [6, 6.07) is 0.00641. The van der Waals surface area contributed by atoms with Crippen LogP contribution in [0.3, 0.4) is 0 Å². The van der Waals surface area contributed by atoms with Crippen LogP contribution in [0.15, 0.2) is 4.52 Å². The van der Waals surface area contributed by atoms with Crippen LogP contribution < -0.4 is 5.32 Å². The van der Waals surface area contributed by atoms with E-state index in [2.05, 4.69) is 15.5 Å². The highest BCUT2D eigenvalue weighted by atomic mass is 16.5. The van der Waals surface area contributed by atoms with Gasteiger partial charge >= 0.3 is 0 Å². The standard InChI is InChI=1S/C14H22N4O2/c1-10-16-13(20-17-10)11-5-4-8-18(9-11)14(19)12-6-2-3-7-15-12/h11-12,15H,2-9H2,1H3. The van der Waals surface area contributed by atoms with Crippen molar-refractivity contribution in [1.29, 1.82) is 0 Å². The molecule has 2 aliphatic heterocycles. The number of nitrogens with zero attached hydrogens (tertiary/aromatic N) is 3. The number of aromatic nitrogens is 2. The van der Waals surface area contributed by atoms with Crippen molar-refractivity contribution in [2.24, 2.45) is 0 Å². The molecule has 1 amide bonds. The molecule has 2 atom stereocenters. The van der Waals surface area contributed by atoms with Crippen molar-refractivity contribution in [1.82, 2.24) is 20.4 Å². The Bertz CT molecular complexity index is 467. The van der Waals surface area contributed by atoms with Crippen molar-refractivity contribution in [3.8, 4) is 0 Å². The summed E-state index contributed by atoms with van der Waals surface area (Å²) in [5.74, 6) is 1.78. The number of nitrogens with one attached hydrogen (secondary N) is 1. The minimum absolute atomic E-state index is 0.00641. The number of amides is 1. The van der Waals surface area contributed by atoms with E-state index in [0.717, 1.165) is 38.8 Å². The molecule has 6 nitrogen and oxygen atoms in total. The fourth-order valence-electron chi connectivity index (χ4n) is 3.14. The monoisotopic (exact) mass is 278 g/mol. The van der Waals surface area contributed by atoms with Gasteiger partial charge in [0.25, 0.3) is 0 Å². The van der Waals surface area contributed by atoms with Gasteiger partial charge in [0.1, 0.15) is 0 Å².